The van der Waals surface area contributed by atoms with Gasteiger partial charge in [0.05, 0.1) is 11.2 Å². The minimum atomic E-state index is -0.474. The molecule has 0 fully saturated rings. The molecule has 1 heterocycles. The molecule has 3 nitrogen and oxygen atoms in total. The van der Waals surface area contributed by atoms with Gasteiger partial charge in [-0.2, -0.15) is 0 Å². The Morgan fingerprint density at radius 2 is 2.12 bits per heavy atom. The van der Waals surface area contributed by atoms with Gasteiger partial charge in [-0.15, -0.1) is 0 Å². The van der Waals surface area contributed by atoms with Gasteiger partial charge in [0, 0.05) is 15.9 Å². The van der Waals surface area contributed by atoms with Crippen molar-refractivity contribution in [3.63, 3.8) is 0 Å². The second kappa shape index (κ2) is 4.45. The number of primary amides is 1. The van der Waals surface area contributed by atoms with Crippen molar-refractivity contribution in [3.05, 3.63) is 46.6 Å². The summed E-state index contributed by atoms with van der Waals surface area (Å²) in [6, 6.07) is 9.63. The highest BCUT2D eigenvalue weighted by Crippen LogP contribution is 2.18. The fourth-order valence-corrected chi connectivity index (χ4v) is 1.75. The van der Waals surface area contributed by atoms with E-state index < -0.39 is 5.91 Å². The number of pyridine rings is 1. The van der Waals surface area contributed by atoms with E-state index in [0.717, 1.165) is 15.4 Å². The third-order valence-corrected chi connectivity index (χ3v) is 2.58. The Hall–Kier alpha value is -1.68. The van der Waals surface area contributed by atoms with E-state index in [2.05, 4.69) is 20.9 Å². The first-order valence-electron chi connectivity index (χ1n) is 4.69. The van der Waals surface area contributed by atoms with Crippen LogP contribution in [-0.2, 0) is 4.79 Å². The van der Waals surface area contributed by atoms with Crippen molar-refractivity contribution < 1.29 is 4.79 Å². The Labute approximate surface area is 101 Å². The van der Waals surface area contributed by atoms with Gasteiger partial charge in [-0.1, -0.05) is 22.0 Å². The summed E-state index contributed by atoms with van der Waals surface area (Å²) in [5.74, 6) is -0.474. The standard InChI is InChI=1S/C12H9BrN2O/c13-9-2-5-11-8(7-9)1-3-10(15-11)4-6-12(14)16/h1-7H,(H2,14,16). The summed E-state index contributed by atoms with van der Waals surface area (Å²) in [4.78, 5) is 15.0. The van der Waals surface area contributed by atoms with Crippen LogP contribution in [0.3, 0.4) is 0 Å². The molecule has 0 saturated heterocycles. The van der Waals surface area contributed by atoms with Crippen LogP contribution in [0, 0.1) is 0 Å². The number of carbonyl (C=O) groups excluding carboxylic acids is 1. The Morgan fingerprint density at radius 1 is 1.31 bits per heavy atom. The van der Waals surface area contributed by atoms with Crippen molar-refractivity contribution in [2.45, 2.75) is 0 Å². The molecule has 1 amide bonds. The van der Waals surface area contributed by atoms with Gasteiger partial charge < -0.3 is 5.73 Å². The average molecular weight is 277 g/mol. The van der Waals surface area contributed by atoms with Crippen LogP contribution in [0.4, 0.5) is 0 Å². The van der Waals surface area contributed by atoms with Crippen LogP contribution in [0.15, 0.2) is 40.9 Å². The van der Waals surface area contributed by atoms with Crippen molar-refractivity contribution in [3.8, 4) is 0 Å². The van der Waals surface area contributed by atoms with Crippen LogP contribution in [0.5, 0.6) is 0 Å². The van der Waals surface area contributed by atoms with Crippen molar-refractivity contribution in [1.29, 1.82) is 0 Å². The summed E-state index contributed by atoms with van der Waals surface area (Å²) in [6.45, 7) is 0. The smallest absolute Gasteiger partial charge is 0.241 e. The molecule has 0 radical (unpaired) electrons. The predicted molar refractivity (Wildman–Crippen MR) is 67.7 cm³/mol. The largest absolute Gasteiger partial charge is 0.366 e. The molecule has 0 spiro atoms. The quantitative estimate of drug-likeness (QED) is 0.857. The Balaban J connectivity index is 2.44. The molecule has 0 unspecified atom stereocenters. The van der Waals surface area contributed by atoms with Gasteiger partial charge in [0.25, 0.3) is 0 Å². The number of hydrogen-bond acceptors (Lipinski definition) is 2. The molecule has 2 rings (SSSR count). The number of halogens is 1. The first kappa shape index (κ1) is 10.8. The normalized spacial score (nSPS) is 11.1. The van der Waals surface area contributed by atoms with E-state index in [-0.39, 0.29) is 0 Å². The van der Waals surface area contributed by atoms with E-state index >= 15 is 0 Å². The van der Waals surface area contributed by atoms with Gasteiger partial charge in [0.1, 0.15) is 0 Å². The number of carbonyl (C=O) groups is 1. The highest BCUT2D eigenvalue weighted by atomic mass is 79.9. The van der Waals surface area contributed by atoms with Crippen LogP contribution in [0.2, 0.25) is 0 Å². The molecule has 1 aromatic heterocycles. The topological polar surface area (TPSA) is 56.0 Å². The molecule has 0 aliphatic rings. The maximum absolute atomic E-state index is 10.6. The van der Waals surface area contributed by atoms with Crippen molar-refractivity contribution >= 4 is 38.8 Å². The third kappa shape index (κ3) is 2.46. The van der Waals surface area contributed by atoms with E-state index in [0.29, 0.717) is 5.69 Å². The van der Waals surface area contributed by atoms with Crippen LogP contribution in [0.1, 0.15) is 5.69 Å². The van der Waals surface area contributed by atoms with E-state index in [9.17, 15) is 4.79 Å². The van der Waals surface area contributed by atoms with Gasteiger partial charge in [-0.25, -0.2) is 4.98 Å². The number of nitrogens with zero attached hydrogens (tertiary/aromatic N) is 1. The fraction of sp³-hybridized carbons (Fsp3) is 0. The molecule has 0 bridgehead atoms. The number of benzene rings is 1. The fourth-order valence-electron chi connectivity index (χ4n) is 1.37. The van der Waals surface area contributed by atoms with E-state index in [1.807, 2.05) is 30.3 Å². The summed E-state index contributed by atoms with van der Waals surface area (Å²) in [5, 5.41) is 1.05. The van der Waals surface area contributed by atoms with Gasteiger partial charge >= 0.3 is 0 Å². The number of nitrogens with two attached hydrogens (primary N) is 1. The van der Waals surface area contributed by atoms with E-state index in [1.54, 1.807) is 6.08 Å². The number of fused-ring (bicyclic) bond motifs is 1. The summed E-state index contributed by atoms with van der Waals surface area (Å²) >= 11 is 3.40. The number of aromatic nitrogens is 1. The maximum atomic E-state index is 10.6. The Kier molecular flexibility index (Phi) is 3.01. The highest BCUT2D eigenvalue weighted by molar-refractivity contribution is 9.10. The first-order chi connectivity index (χ1) is 7.65. The zero-order valence-corrected chi connectivity index (χ0v) is 9.94. The molecule has 1 aromatic carbocycles. The summed E-state index contributed by atoms with van der Waals surface area (Å²) < 4.78 is 1.02. The molecule has 16 heavy (non-hydrogen) atoms. The van der Waals surface area contributed by atoms with Crippen molar-refractivity contribution in [2.24, 2.45) is 5.73 Å². The molecular formula is C12H9BrN2O. The molecule has 0 aliphatic heterocycles. The van der Waals surface area contributed by atoms with Gasteiger partial charge in [-0.05, 0) is 30.3 Å². The zero-order valence-electron chi connectivity index (χ0n) is 8.35. The number of hydrogen-bond donors (Lipinski definition) is 1. The van der Waals surface area contributed by atoms with Crippen molar-refractivity contribution in [1.82, 2.24) is 4.98 Å². The minimum absolute atomic E-state index is 0.474. The third-order valence-electron chi connectivity index (χ3n) is 2.09. The molecule has 80 valence electrons. The lowest BCUT2D eigenvalue weighted by molar-refractivity contribution is -0.113. The monoisotopic (exact) mass is 276 g/mol. The van der Waals surface area contributed by atoms with Crippen LogP contribution in [-0.4, -0.2) is 10.9 Å². The predicted octanol–water partition coefficient (Wildman–Crippen LogP) is 2.50. The van der Waals surface area contributed by atoms with Crippen molar-refractivity contribution in [2.75, 3.05) is 0 Å². The van der Waals surface area contributed by atoms with E-state index in [1.165, 1.54) is 6.08 Å². The molecule has 2 N–H and O–H groups in total. The maximum Gasteiger partial charge on any atom is 0.241 e. The lowest BCUT2D eigenvalue weighted by atomic mass is 10.2. The molecule has 0 saturated carbocycles. The summed E-state index contributed by atoms with van der Waals surface area (Å²) in [6.07, 6.45) is 2.90. The van der Waals surface area contributed by atoms with E-state index in [4.69, 9.17) is 5.73 Å². The zero-order chi connectivity index (χ0) is 11.5. The van der Waals surface area contributed by atoms with Crippen LogP contribution < -0.4 is 5.73 Å². The van der Waals surface area contributed by atoms with Crippen LogP contribution in [0.25, 0.3) is 17.0 Å². The lowest BCUT2D eigenvalue weighted by Crippen LogP contribution is -2.05. The minimum Gasteiger partial charge on any atom is -0.366 e. The SMILES string of the molecule is NC(=O)C=Cc1ccc2cc(Br)ccc2n1. The Morgan fingerprint density at radius 3 is 2.88 bits per heavy atom. The molecule has 4 heteroatoms. The molecule has 0 atom stereocenters. The highest BCUT2D eigenvalue weighted by Gasteiger charge is 1.97. The molecular weight excluding hydrogens is 268 g/mol. The first-order valence-corrected chi connectivity index (χ1v) is 5.48. The van der Waals surface area contributed by atoms with Gasteiger partial charge in [0.15, 0.2) is 0 Å². The van der Waals surface area contributed by atoms with Gasteiger partial charge in [-0.3, -0.25) is 4.79 Å². The second-order valence-corrected chi connectivity index (χ2v) is 4.22. The second-order valence-electron chi connectivity index (χ2n) is 3.31. The van der Waals surface area contributed by atoms with Crippen LogP contribution >= 0.6 is 15.9 Å². The number of rotatable bonds is 2. The molecule has 0 aliphatic carbocycles. The number of amides is 1. The average Bonchev–Trinajstić information content (AvgIpc) is 2.26. The summed E-state index contributed by atoms with van der Waals surface area (Å²) in [7, 11) is 0. The summed E-state index contributed by atoms with van der Waals surface area (Å²) in [5.41, 5.74) is 6.61. The lowest BCUT2D eigenvalue weighted by Gasteiger charge is -1.99. The Bertz CT molecular complexity index is 578. The molecule has 2 aromatic rings. The van der Waals surface area contributed by atoms with Gasteiger partial charge in [0.2, 0.25) is 5.91 Å².